The Morgan fingerprint density at radius 1 is 1.78 bits per heavy atom. The molecule has 0 aromatic carbocycles. The third kappa shape index (κ3) is 4.12. The molecule has 0 saturated heterocycles. The minimum absolute atomic E-state index is 0.243. The Hall–Kier alpha value is 0.670. The fraction of sp³-hybridized carbons (Fsp3) is 0.400. The van der Waals surface area contributed by atoms with Crippen LogP contribution in [0.25, 0.3) is 0 Å². The van der Waals surface area contributed by atoms with Crippen molar-refractivity contribution in [3.05, 3.63) is 7.66 Å². The van der Waals surface area contributed by atoms with Crippen molar-refractivity contribution < 1.29 is 9.53 Å². The Labute approximate surface area is 81.3 Å². The van der Waals surface area contributed by atoms with Crippen molar-refractivity contribution in [2.45, 2.75) is 6.92 Å². The van der Waals surface area contributed by atoms with Crippen molar-refractivity contribution in [2.75, 3.05) is 6.61 Å². The normalized spacial score (nSPS) is 11.2. The molecule has 0 spiro atoms. The van der Waals surface area contributed by atoms with Crippen molar-refractivity contribution >= 4 is 51.2 Å². The van der Waals surface area contributed by atoms with E-state index in [9.17, 15) is 4.79 Å². The van der Waals surface area contributed by atoms with Gasteiger partial charge in [-0.3, -0.25) is 0 Å². The second-order valence-electron chi connectivity index (χ2n) is 1.18. The molecule has 0 bridgehead atoms. The second-order valence-corrected chi connectivity index (χ2v) is 2.96. The van der Waals surface area contributed by atoms with Gasteiger partial charge in [-0.05, 0) is 33.6 Å². The molecule has 0 saturated carbocycles. The van der Waals surface area contributed by atoms with Crippen LogP contribution < -0.4 is 0 Å². The van der Waals surface area contributed by atoms with Gasteiger partial charge in [0.1, 0.15) is 3.58 Å². The summed E-state index contributed by atoms with van der Waals surface area (Å²) in [5.41, 5.74) is 0. The molecular formula is C5H6I2O2. The van der Waals surface area contributed by atoms with E-state index >= 15 is 0 Å². The molecule has 0 N–H and O–H groups in total. The highest BCUT2D eigenvalue weighted by molar-refractivity contribution is 14.1. The summed E-state index contributed by atoms with van der Waals surface area (Å²) in [5, 5.41) is 0. The Morgan fingerprint density at radius 2 is 2.33 bits per heavy atom. The van der Waals surface area contributed by atoms with E-state index in [-0.39, 0.29) is 5.97 Å². The summed E-state index contributed by atoms with van der Waals surface area (Å²) in [6.45, 7) is 2.23. The van der Waals surface area contributed by atoms with Gasteiger partial charge in [-0.2, -0.15) is 0 Å². The Kier molecular flexibility index (Phi) is 5.86. The van der Waals surface area contributed by atoms with Crippen LogP contribution in [-0.2, 0) is 9.53 Å². The Balaban J connectivity index is 3.74. The van der Waals surface area contributed by atoms with Crippen LogP contribution in [0, 0.1) is 0 Å². The number of hydrogen-bond donors (Lipinski definition) is 0. The van der Waals surface area contributed by atoms with Crippen molar-refractivity contribution in [1.82, 2.24) is 0 Å². The first kappa shape index (κ1) is 9.67. The largest absolute Gasteiger partial charge is 0.462 e. The van der Waals surface area contributed by atoms with Gasteiger partial charge in [-0.15, -0.1) is 0 Å². The van der Waals surface area contributed by atoms with Crippen molar-refractivity contribution in [3.63, 3.8) is 0 Å². The molecule has 0 rings (SSSR count). The maximum absolute atomic E-state index is 10.7. The summed E-state index contributed by atoms with van der Waals surface area (Å²) in [6, 6.07) is 0. The van der Waals surface area contributed by atoms with Crippen molar-refractivity contribution in [1.29, 1.82) is 0 Å². The van der Waals surface area contributed by atoms with E-state index in [2.05, 4.69) is 4.74 Å². The molecule has 0 atom stereocenters. The van der Waals surface area contributed by atoms with Crippen molar-refractivity contribution in [3.8, 4) is 0 Å². The predicted octanol–water partition coefficient (Wildman–Crippen LogP) is 2.26. The molecule has 4 heteroatoms. The van der Waals surface area contributed by atoms with E-state index in [1.54, 1.807) is 11.0 Å². The number of esters is 1. The third-order valence-electron chi connectivity index (χ3n) is 0.566. The standard InChI is InChI=1S/C5H6I2O2/c1-2-9-5(8)4(7)3-6/h3H,2H2,1H3. The van der Waals surface area contributed by atoms with Crippen LogP contribution in [0.15, 0.2) is 7.66 Å². The van der Waals surface area contributed by atoms with Crippen LogP contribution in [0.2, 0.25) is 0 Å². The van der Waals surface area contributed by atoms with Crippen LogP contribution >= 0.6 is 45.2 Å². The second kappa shape index (κ2) is 5.45. The molecule has 0 aliphatic rings. The first-order valence-electron chi connectivity index (χ1n) is 2.35. The molecule has 0 aliphatic heterocycles. The highest BCUT2D eigenvalue weighted by Gasteiger charge is 2.03. The minimum atomic E-state index is -0.243. The molecule has 0 unspecified atom stereocenters. The maximum atomic E-state index is 10.7. The molecule has 0 amide bonds. The van der Waals surface area contributed by atoms with Crippen LogP contribution in [0.5, 0.6) is 0 Å². The van der Waals surface area contributed by atoms with Crippen LogP contribution in [0.1, 0.15) is 6.92 Å². The topological polar surface area (TPSA) is 26.3 Å². The van der Waals surface area contributed by atoms with Crippen molar-refractivity contribution in [2.24, 2.45) is 0 Å². The highest BCUT2D eigenvalue weighted by Crippen LogP contribution is 2.10. The maximum Gasteiger partial charge on any atom is 0.344 e. The van der Waals surface area contributed by atoms with Gasteiger partial charge < -0.3 is 4.74 Å². The number of rotatable bonds is 2. The molecule has 0 fully saturated rings. The van der Waals surface area contributed by atoms with E-state index in [1.807, 2.05) is 45.2 Å². The zero-order valence-corrected chi connectivity index (χ0v) is 9.17. The molecule has 0 aromatic heterocycles. The number of carbonyl (C=O) groups is 1. The lowest BCUT2D eigenvalue weighted by Gasteiger charge is -1.96. The zero-order valence-electron chi connectivity index (χ0n) is 4.86. The summed E-state index contributed by atoms with van der Waals surface area (Å²) in [6.07, 6.45) is 0. The minimum Gasteiger partial charge on any atom is -0.462 e. The fourth-order valence-corrected chi connectivity index (χ4v) is 0.655. The van der Waals surface area contributed by atoms with Gasteiger partial charge in [-0.1, -0.05) is 22.6 Å². The van der Waals surface area contributed by atoms with E-state index < -0.39 is 0 Å². The molecular weight excluding hydrogens is 346 g/mol. The Morgan fingerprint density at radius 3 is 2.67 bits per heavy atom. The monoisotopic (exact) mass is 352 g/mol. The lowest BCUT2D eigenvalue weighted by molar-refractivity contribution is -0.137. The summed E-state index contributed by atoms with van der Waals surface area (Å²) in [5.74, 6) is -0.243. The number of hydrogen-bond acceptors (Lipinski definition) is 2. The average Bonchev–Trinajstić information content (AvgIpc) is 1.87. The lowest BCUT2D eigenvalue weighted by Crippen LogP contribution is -2.02. The van der Waals surface area contributed by atoms with E-state index in [1.165, 1.54) is 0 Å². The summed E-state index contributed by atoms with van der Waals surface area (Å²) >= 11 is 3.93. The molecule has 2 nitrogen and oxygen atoms in total. The predicted molar refractivity (Wildman–Crippen MR) is 52.8 cm³/mol. The van der Waals surface area contributed by atoms with Crippen LogP contribution in [0.3, 0.4) is 0 Å². The molecule has 0 aromatic rings. The summed E-state index contributed by atoms with van der Waals surface area (Å²) in [7, 11) is 0. The highest BCUT2D eigenvalue weighted by atomic mass is 127. The summed E-state index contributed by atoms with van der Waals surface area (Å²) < 4.78 is 6.99. The molecule has 52 valence electrons. The summed E-state index contributed by atoms with van der Waals surface area (Å²) in [4.78, 5) is 10.7. The molecule has 0 aliphatic carbocycles. The van der Waals surface area contributed by atoms with Crippen LogP contribution in [-0.4, -0.2) is 12.6 Å². The number of halogens is 2. The SMILES string of the molecule is CCOC(=O)C(I)=CI. The van der Waals surface area contributed by atoms with E-state index in [4.69, 9.17) is 0 Å². The smallest absolute Gasteiger partial charge is 0.344 e. The van der Waals surface area contributed by atoms with Gasteiger partial charge in [0.25, 0.3) is 0 Å². The van der Waals surface area contributed by atoms with Crippen LogP contribution in [0.4, 0.5) is 0 Å². The molecule has 0 radical (unpaired) electrons. The van der Waals surface area contributed by atoms with Gasteiger partial charge in [0, 0.05) is 0 Å². The van der Waals surface area contributed by atoms with E-state index in [0.717, 1.165) is 0 Å². The first-order chi connectivity index (χ1) is 4.22. The van der Waals surface area contributed by atoms with Gasteiger partial charge in [-0.25, -0.2) is 4.79 Å². The lowest BCUT2D eigenvalue weighted by atomic mass is 10.6. The number of carbonyl (C=O) groups excluding carboxylic acids is 1. The zero-order chi connectivity index (χ0) is 7.28. The third-order valence-corrected chi connectivity index (χ3v) is 3.13. The first-order valence-corrected chi connectivity index (χ1v) is 4.67. The van der Waals surface area contributed by atoms with Gasteiger partial charge >= 0.3 is 5.97 Å². The molecule has 0 heterocycles. The number of ether oxygens (including phenoxy) is 1. The van der Waals surface area contributed by atoms with Gasteiger partial charge in [0.2, 0.25) is 0 Å². The Bertz CT molecular complexity index is 131. The average molecular weight is 352 g/mol. The molecule has 9 heavy (non-hydrogen) atoms. The fourth-order valence-electron chi connectivity index (χ4n) is 0.245. The quantitative estimate of drug-likeness (QED) is 0.433. The van der Waals surface area contributed by atoms with Gasteiger partial charge in [0.15, 0.2) is 0 Å². The van der Waals surface area contributed by atoms with Gasteiger partial charge in [0.05, 0.1) is 6.61 Å². The van der Waals surface area contributed by atoms with E-state index in [0.29, 0.717) is 10.2 Å².